The molecule has 0 fully saturated rings. The van der Waals surface area contributed by atoms with Crippen molar-refractivity contribution in [1.82, 2.24) is 0 Å². The van der Waals surface area contributed by atoms with Crippen LogP contribution in [0.25, 0.3) is 0 Å². The summed E-state index contributed by atoms with van der Waals surface area (Å²) in [4.78, 5) is 0. The quantitative estimate of drug-likeness (QED) is 0.907. The van der Waals surface area contributed by atoms with Crippen LogP contribution < -0.4 is 4.74 Å². The first-order chi connectivity index (χ1) is 8.60. The van der Waals surface area contributed by atoms with Crippen LogP contribution in [0.15, 0.2) is 36.4 Å². The van der Waals surface area contributed by atoms with E-state index in [1.54, 1.807) is 37.3 Å². The van der Waals surface area contributed by atoms with E-state index in [1.165, 1.54) is 6.07 Å². The normalized spacial score (nSPS) is 10.4. The van der Waals surface area contributed by atoms with Crippen molar-refractivity contribution >= 4 is 11.6 Å². The molecule has 0 bridgehead atoms. The van der Waals surface area contributed by atoms with E-state index in [9.17, 15) is 9.50 Å². The van der Waals surface area contributed by atoms with E-state index in [0.717, 1.165) is 0 Å². The Kier molecular flexibility index (Phi) is 3.84. The molecule has 0 aliphatic carbocycles. The van der Waals surface area contributed by atoms with Gasteiger partial charge in [-0.3, -0.25) is 0 Å². The molecule has 0 radical (unpaired) electrons. The number of rotatable bonds is 3. The van der Waals surface area contributed by atoms with Gasteiger partial charge in [0.15, 0.2) is 0 Å². The molecule has 0 aliphatic heterocycles. The van der Waals surface area contributed by atoms with E-state index in [0.29, 0.717) is 27.6 Å². The zero-order valence-corrected chi connectivity index (χ0v) is 10.5. The molecule has 94 valence electrons. The fraction of sp³-hybridized carbons (Fsp3) is 0.143. The zero-order chi connectivity index (χ0) is 13.1. The van der Waals surface area contributed by atoms with Crippen LogP contribution in [0.4, 0.5) is 4.39 Å². The third-order valence-electron chi connectivity index (χ3n) is 2.57. The number of ether oxygens (including phenoxy) is 1. The van der Waals surface area contributed by atoms with Gasteiger partial charge in [-0.1, -0.05) is 23.7 Å². The van der Waals surface area contributed by atoms with Crippen LogP contribution in [0.3, 0.4) is 0 Å². The molecule has 0 saturated carbocycles. The molecule has 0 saturated heterocycles. The minimum absolute atomic E-state index is 0.166. The summed E-state index contributed by atoms with van der Waals surface area (Å²) >= 11 is 5.86. The van der Waals surface area contributed by atoms with Crippen molar-refractivity contribution in [3.05, 3.63) is 58.4 Å². The van der Waals surface area contributed by atoms with Crippen molar-refractivity contribution in [1.29, 1.82) is 0 Å². The highest BCUT2D eigenvalue weighted by Crippen LogP contribution is 2.29. The fourth-order valence-corrected chi connectivity index (χ4v) is 1.68. The van der Waals surface area contributed by atoms with Crippen molar-refractivity contribution < 1.29 is 14.2 Å². The first kappa shape index (κ1) is 12.9. The minimum Gasteiger partial charge on any atom is -0.457 e. The lowest BCUT2D eigenvalue weighted by Crippen LogP contribution is -1.93. The average Bonchev–Trinajstić information content (AvgIpc) is 2.34. The standard InChI is InChI=1S/C14H12ClFO2/c1-9-2-5-12(7-13(9)16)18-14-6-11(15)4-3-10(14)8-17/h2-7,17H,8H2,1H3. The highest BCUT2D eigenvalue weighted by Gasteiger charge is 2.07. The van der Waals surface area contributed by atoms with E-state index < -0.39 is 0 Å². The summed E-state index contributed by atoms with van der Waals surface area (Å²) in [6.45, 7) is 1.51. The number of aliphatic hydroxyl groups is 1. The molecule has 4 heteroatoms. The van der Waals surface area contributed by atoms with Gasteiger partial charge in [-0.15, -0.1) is 0 Å². The van der Waals surface area contributed by atoms with E-state index >= 15 is 0 Å². The van der Waals surface area contributed by atoms with Gasteiger partial charge in [0.05, 0.1) is 6.61 Å². The molecule has 2 aromatic rings. The highest BCUT2D eigenvalue weighted by molar-refractivity contribution is 6.30. The Morgan fingerprint density at radius 2 is 2.00 bits per heavy atom. The Balaban J connectivity index is 2.33. The van der Waals surface area contributed by atoms with E-state index in [4.69, 9.17) is 16.3 Å². The van der Waals surface area contributed by atoms with Crippen LogP contribution in [0, 0.1) is 12.7 Å². The molecule has 2 rings (SSSR count). The number of halogens is 2. The van der Waals surface area contributed by atoms with Crippen molar-refractivity contribution in [3.8, 4) is 11.5 Å². The summed E-state index contributed by atoms with van der Waals surface area (Å²) in [6, 6.07) is 9.52. The number of benzene rings is 2. The van der Waals surface area contributed by atoms with Gasteiger partial charge in [-0.2, -0.15) is 0 Å². The number of aliphatic hydroxyl groups excluding tert-OH is 1. The van der Waals surface area contributed by atoms with Gasteiger partial charge >= 0.3 is 0 Å². The van der Waals surface area contributed by atoms with Gasteiger partial charge in [-0.25, -0.2) is 4.39 Å². The van der Waals surface area contributed by atoms with Gasteiger partial charge in [0.1, 0.15) is 17.3 Å². The molecule has 0 heterocycles. The third kappa shape index (κ3) is 2.81. The molecular weight excluding hydrogens is 255 g/mol. The summed E-state index contributed by atoms with van der Waals surface area (Å²) in [6.07, 6.45) is 0. The zero-order valence-electron chi connectivity index (χ0n) is 9.78. The summed E-state index contributed by atoms with van der Waals surface area (Å²) < 4.78 is 18.9. The largest absolute Gasteiger partial charge is 0.457 e. The Bertz CT molecular complexity index is 570. The molecule has 0 unspecified atom stereocenters. The van der Waals surface area contributed by atoms with Gasteiger partial charge in [-0.05, 0) is 30.7 Å². The lowest BCUT2D eigenvalue weighted by atomic mass is 10.2. The maximum absolute atomic E-state index is 13.4. The monoisotopic (exact) mass is 266 g/mol. The van der Waals surface area contributed by atoms with Crippen molar-refractivity contribution in [3.63, 3.8) is 0 Å². The smallest absolute Gasteiger partial charge is 0.134 e. The molecule has 0 aliphatic rings. The van der Waals surface area contributed by atoms with Crippen molar-refractivity contribution in [2.45, 2.75) is 13.5 Å². The Morgan fingerprint density at radius 1 is 1.22 bits per heavy atom. The molecule has 0 spiro atoms. The van der Waals surface area contributed by atoms with E-state index in [2.05, 4.69) is 0 Å². The lowest BCUT2D eigenvalue weighted by Gasteiger charge is -2.10. The lowest BCUT2D eigenvalue weighted by molar-refractivity contribution is 0.276. The van der Waals surface area contributed by atoms with Crippen LogP contribution in [0.1, 0.15) is 11.1 Å². The molecule has 0 atom stereocenters. The van der Waals surface area contributed by atoms with Crippen molar-refractivity contribution in [2.75, 3.05) is 0 Å². The molecule has 18 heavy (non-hydrogen) atoms. The predicted molar refractivity (Wildman–Crippen MR) is 68.6 cm³/mol. The summed E-state index contributed by atoms with van der Waals surface area (Å²) in [5.41, 5.74) is 1.15. The van der Waals surface area contributed by atoms with Gasteiger partial charge in [0, 0.05) is 16.7 Å². The second-order valence-electron chi connectivity index (χ2n) is 3.92. The molecule has 1 N–H and O–H groups in total. The van der Waals surface area contributed by atoms with Crippen LogP contribution in [-0.2, 0) is 6.61 Å². The molecule has 2 nitrogen and oxygen atoms in total. The summed E-state index contributed by atoms with van der Waals surface area (Å²) in [5, 5.41) is 9.68. The molecule has 0 aromatic heterocycles. The second-order valence-corrected chi connectivity index (χ2v) is 4.36. The average molecular weight is 267 g/mol. The van der Waals surface area contributed by atoms with Gasteiger partial charge in [0.2, 0.25) is 0 Å². The second kappa shape index (κ2) is 5.38. The van der Waals surface area contributed by atoms with E-state index in [-0.39, 0.29) is 12.4 Å². The SMILES string of the molecule is Cc1ccc(Oc2cc(Cl)ccc2CO)cc1F. The third-order valence-corrected chi connectivity index (χ3v) is 2.81. The van der Waals surface area contributed by atoms with Crippen LogP contribution >= 0.6 is 11.6 Å². The number of hydrogen-bond acceptors (Lipinski definition) is 2. The van der Waals surface area contributed by atoms with Crippen LogP contribution in [0.5, 0.6) is 11.5 Å². The predicted octanol–water partition coefficient (Wildman–Crippen LogP) is 4.07. The van der Waals surface area contributed by atoms with Crippen molar-refractivity contribution in [2.24, 2.45) is 0 Å². The molecule has 0 amide bonds. The topological polar surface area (TPSA) is 29.5 Å². The van der Waals surface area contributed by atoms with E-state index in [1.807, 2.05) is 0 Å². The van der Waals surface area contributed by atoms with Gasteiger partial charge < -0.3 is 9.84 Å². The Morgan fingerprint density at radius 3 is 2.67 bits per heavy atom. The first-order valence-corrected chi connectivity index (χ1v) is 5.81. The van der Waals surface area contributed by atoms with Crippen LogP contribution in [-0.4, -0.2) is 5.11 Å². The highest BCUT2D eigenvalue weighted by atomic mass is 35.5. The minimum atomic E-state index is -0.333. The first-order valence-electron chi connectivity index (χ1n) is 5.43. The van der Waals surface area contributed by atoms with Crippen LogP contribution in [0.2, 0.25) is 5.02 Å². The Labute approximate surface area is 110 Å². The Hall–Kier alpha value is -1.58. The number of aryl methyl sites for hydroxylation is 1. The maximum Gasteiger partial charge on any atom is 0.134 e. The molecular formula is C14H12ClFO2. The summed E-state index contributed by atoms with van der Waals surface area (Å²) in [7, 11) is 0. The van der Waals surface area contributed by atoms with Gasteiger partial charge in [0.25, 0.3) is 0 Å². The fourth-order valence-electron chi connectivity index (χ4n) is 1.52. The number of hydrogen-bond donors (Lipinski definition) is 1. The molecule has 2 aromatic carbocycles. The summed E-state index contributed by atoms with van der Waals surface area (Å²) in [5.74, 6) is 0.461. The maximum atomic E-state index is 13.4.